The van der Waals surface area contributed by atoms with Crippen LogP contribution in [-0.2, 0) is 6.54 Å². The molecule has 1 fully saturated rings. The predicted octanol–water partition coefficient (Wildman–Crippen LogP) is 3.69. The zero-order chi connectivity index (χ0) is 15.5. The molecule has 0 saturated heterocycles. The van der Waals surface area contributed by atoms with E-state index in [-0.39, 0.29) is 5.54 Å². The van der Waals surface area contributed by atoms with Crippen molar-refractivity contribution in [2.45, 2.75) is 51.6 Å². The molecule has 2 N–H and O–H groups in total. The molecule has 0 aliphatic heterocycles. The zero-order valence-corrected chi connectivity index (χ0v) is 13.0. The van der Waals surface area contributed by atoms with Crippen LogP contribution in [0.15, 0.2) is 18.2 Å². The number of hydrogen-bond donors (Lipinski definition) is 1. The summed E-state index contributed by atoms with van der Waals surface area (Å²) in [5.74, 6) is -0.898. The minimum atomic E-state index is -0.790. The van der Waals surface area contributed by atoms with Gasteiger partial charge in [-0.15, -0.1) is 0 Å². The monoisotopic (exact) mass is 296 g/mol. The fraction of sp³-hybridized carbons (Fsp3) is 0.647. The molecule has 0 amide bonds. The summed E-state index contributed by atoms with van der Waals surface area (Å²) < 4.78 is 26.5. The van der Waals surface area contributed by atoms with E-state index in [0.717, 1.165) is 24.9 Å². The van der Waals surface area contributed by atoms with Crippen LogP contribution in [0.3, 0.4) is 0 Å². The summed E-state index contributed by atoms with van der Waals surface area (Å²) >= 11 is 0. The first-order chi connectivity index (χ1) is 10.0. The normalized spacial score (nSPS) is 26.3. The van der Waals surface area contributed by atoms with Crippen LogP contribution in [0.5, 0.6) is 0 Å². The van der Waals surface area contributed by atoms with E-state index in [9.17, 15) is 8.78 Å². The molecule has 0 aromatic heterocycles. The number of benzene rings is 1. The molecule has 2 unspecified atom stereocenters. The molecule has 2 rings (SSSR count). The molecule has 0 spiro atoms. The first-order valence-corrected chi connectivity index (χ1v) is 7.90. The largest absolute Gasteiger partial charge is 0.329 e. The van der Waals surface area contributed by atoms with Gasteiger partial charge in [0.15, 0.2) is 11.6 Å². The third-order valence-corrected chi connectivity index (χ3v) is 4.86. The van der Waals surface area contributed by atoms with Gasteiger partial charge < -0.3 is 5.73 Å². The van der Waals surface area contributed by atoms with E-state index < -0.39 is 11.6 Å². The van der Waals surface area contributed by atoms with Crippen LogP contribution in [-0.4, -0.2) is 23.5 Å². The van der Waals surface area contributed by atoms with Crippen LogP contribution in [0.1, 0.15) is 45.1 Å². The molecule has 4 heteroatoms. The Morgan fingerprint density at radius 1 is 1.33 bits per heavy atom. The van der Waals surface area contributed by atoms with Crippen molar-refractivity contribution in [3.63, 3.8) is 0 Å². The number of nitrogens with zero attached hydrogens (tertiary/aromatic N) is 1. The maximum absolute atomic E-state index is 13.4. The molecular formula is C17H26F2N2. The van der Waals surface area contributed by atoms with Gasteiger partial charge in [-0.05, 0) is 43.0 Å². The van der Waals surface area contributed by atoms with Gasteiger partial charge in [0.05, 0.1) is 0 Å². The van der Waals surface area contributed by atoms with Crippen molar-refractivity contribution < 1.29 is 8.78 Å². The van der Waals surface area contributed by atoms with Crippen LogP contribution in [0.2, 0.25) is 0 Å². The van der Waals surface area contributed by atoms with Crippen molar-refractivity contribution in [3.05, 3.63) is 35.4 Å². The lowest BCUT2D eigenvalue weighted by atomic mass is 9.75. The van der Waals surface area contributed by atoms with Crippen molar-refractivity contribution in [2.24, 2.45) is 11.7 Å². The molecule has 1 aromatic carbocycles. The molecule has 1 saturated carbocycles. The Labute approximate surface area is 126 Å². The smallest absolute Gasteiger partial charge is 0.159 e. The molecule has 0 heterocycles. The minimum Gasteiger partial charge on any atom is -0.329 e. The second-order valence-corrected chi connectivity index (χ2v) is 6.39. The quantitative estimate of drug-likeness (QED) is 0.898. The van der Waals surface area contributed by atoms with E-state index in [1.807, 2.05) is 0 Å². The Morgan fingerprint density at radius 2 is 2.10 bits per heavy atom. The topological polar surface area (TPSA) is 29.3 Å². The second kappa shape index (κ2) is 6.84. The SMILES string of the molecule is CCN(Cc1ccc(F)c(F)c1)C1(CN)CCCC(C)C1. The highest BCUT2D eigenvalue weighted by Crippen LogP contribution is 2.37. The molecule has 1 aliphatic carbocycles. The second-order valence-electron chi connectivity index (χ2n) is 6.39. The minimum absolute atomic E-state index is 0.00270. The average molecular weight is 296 g/mol. The van der Waals surface area contributed by atoms with E-state index >= 15 is 0 Å². The number of hydrogen-bond acceptors (Lipinski definition) is 2. The highest BCUT2D eigenvalue weighted by atomic mass is 19.2. The van der Waals surface area contributed by atoms with E-state index in [1.165, 1.54) is 25.0 Å². The Kier molecular flexibility index (Phi) is 5.33. The van der Waals surface area contributed by atoms with Crippen LogP contribution < -0.4 is 5.73 Å². The van der Waals surface area contributed by atoms with E-state index in [0.29, 0.717) is 19.0 Å². The third kappa shape index (κ3) is 3.61. The van der Waals surface area contributed by atoms with Crippen LogP contribution >= 0.6 is 0 Å². The molecule has 0 radical (unpaired) electrons. The molecule has 2 atom stereocenters. The Hall–Kier alpha value is -1.00. The van der Waals surface area contributed by atoms with Crippen LogP contribution in [0, 0.1) is 17.6 Å². The summed E-state index contributed by atoms with van der Waals surface area (Å²) in [4.78, 5) is 2.34. The summed E-state index contributed by atoms with van der Waals surface area (Å²) in [5.41, 5.74) is 6.91. The van der Waals surface area contributed by atoms with Gasteiger partial charge in [-0.25, -0.2) is 8.78 Å². The highest BCUT2D eigenvalue weighted by Gasteiger charge is 2.38. The van der Waals surface area contributed by atoms with E-state index in [4.69, 9.17) is 5.73 Å². The van der Waals surface area contributed by atoms with Crippen molar-refractivity contribution in [1.29, 1.82) is 0 Å². The van der Waals surface area contributed by atoms with Crippen molar-refractivity contribution >= 4 is 0 Å². The van der Waals surface area contributed by atoms with Crippen molar-refractivity contribution in [3.8, 4) is 0 Å². The van der Waals surface area contributed by atoms with Gasteiger partial charge in [-0.2, -0.15) is 0 Å². The number of nitrogens with two attached hydrogens (primary N) is 1. The Morgan fingerprint density at radius 3 is 2.67 bits per heavy atom. The van der Waals surface area contributed by atoms with Crippen LogP contribution in [0.4, 0.5) is 8.78 Å². The third-order valence-electron chi connectivity index (χ3n) is 4.86. The predicted molar refractivity (Wildman–Crippen MR) is 81.9 cm³/mol. The molecule has 1 aromatic rings. The van der Waals surface area contributed by atoms with E-state index in [2.05, 4.69) is 18.7 Å². The fourth-order valence-electron chi connectivity index (χ4n) is 3.71. The number of likely N-dealkylation sites (N-methyl/N-ethyl adjacent to an activating group) is 1. The van der Waals surface area contributed by atoms with Gasteiger partial charge in [0.25, 0.3) is 0 Å². The zero-order valence-electron chi connectivity index (χ0n) is 13.0. The Bertz CT molecular complexity index is 478. The summed E-state index contributed by atoms with van der Waals surface area (Å²) in [7, 11) is 0. The average Bonchev–Trinajstić information content (AvgIpc) is 2.48. The van der Waals surface area contributed by atoms with Gasteiger partial charge in [0.1, 0.15) is 0 Å². The number of halogens is 2. The first-order valence-electron chi connectivity index (χ1n) is 7.90. The van der Waals surface area contributed by atoms with Gasteiger partial charge in [-0.1, -0.05) is 32.8 Å². The van der Waals surface area contributed by atoms with Gasteiger partial charge >= 0.3 is 0 Å². The molecular weight excluding hydrogens is 270 g/mol. The molecule has 0 bridgehead atoms. The standard InChI is InChI=1S/C17H26F2N2/c1-3-21(11-14-6-7-15(18)16(19)9-14)17(12-20)8-4-5-13(2)10-17/h6-7,9,13H,3-5,8,10-12,20H2,1-2H3. The van der Waals surface area contributed by atoms with Gasteiger partial charge in [0, 0.05) is 18.6 Å². The fourth-order valence-corrected chi connectivity index (χ4v) is 3.71. The summed E-state index contributed by atoms with van der Waals surface area (Å²) in [6.07, 6.45) is 4.61. The van der Waals surface area contributed by atoms with Crippen molar-refractivity contribution in [1.82, 2.24) is 4.90 Å². The number of rotatable bonds is 5. The summed E-state index contributed by atoms with van der Waals surface area (Å²) in [6, 6.07) is 4.17. The lowest BCUT2D eigenvalue weighted by Gasteiger charge is -2.47. The molecule has 1 aliphatic rings. The highest BCUT2D eigenvalue weighted by molar-refractivity contribution is 5.18. The van der Waals surface area contributed by atoms with Crippen LogP contribution in [0.25, 0.3) is 0 Å². The maximum Gasteiger partial charge on any atom is 0.159 e. The molecule has 21 heavy (non-hydrogen) atoms. The van der Waals surface area contributed by atoms with E-state index in [1.54, 1.807) is 6.07 Å². The molecule has 2 nitrogen and oxygen atoms in total. The summed E-state index contributed by atoms with van der Waals surface area (Å²) in [5, 5.41) is 0. The summed E-state index contributed by atoms with van der Waals surface area (Å²) in [6.45, 7) is 6.49. The molecule has 118 valence electrons. The maximum atomic E-state index is 13.4. The lowest BCUT2D eigenvalue weighted by molar-refractivity contribution is 0.0366. The van der Waals surface area contributed by atoms with Crippen molar-refractivity contribution in [2.75, 3.05) is 13.1 Å². The van der Waals surface area contributed by atoms with Gasteiger partial charge in [0.2, 0.25) is 0 Å². The Balaban J connectivity index is 2.19. The van der Waals surface area contributed by atoms with Gasteiger partial charge in [-0.3, -0.25) is 4.90 Å². The first kappa shape index (κ1) is 16.4. The lowest BCUT2D eigenvalue weighted by Crippen LogP contribution is -2.55.